The summed E-state index contributed by atoms with van der Waals surface area (Å²) in [6, 6.07) is 53.7. The minimum absolute atomic E-state index is 0.347. The fourth-order valence-electron chi connectivity index (χ4n) is 8.17. The minimum atomic E-state index is -0.347. The van der Waals surface area contributed by atoms with Gasteiger partial charge in [0.05, 0.1) is 31.2 Å². The second-order valence-corrected chi connectivity index (χ2v) is 17.6. The molecule has 0 aliphatic heterocycles. The Morgan fingerprint density at radius 3 is 0.972 bits per heavy atom. The molecule has 0 spiro atoms. The van der Waals surface area contributed by atoms with Crippen LogP contribution in [0.5, 0.6) is 0 Å². The van der Waals surface area contributed by atoms with E-state index in [4.69, 9.17) is 34.8 Å². The van der Waals surface area contributed by atoms with E-state index >= 15 is 0 Å². The molecule has 6 aromatic heterocycles. The normalized spacial score (nSPS) is 11.1. The van der Waals surface area contributed by atoms with Crippen LogP contribution in [-0.2, 0) is 21.1 Å². The van der Waals surface area contributed by atoms with Crippen LogP contribution in [0, 0.1) is 12.7 Å². The van der Waals surface area contributed by atoms with Gasteiger partial charge >= 0.3 is 0 Å². The second-order valence-electron chi connectivity index (χ2n) is 16.4. The summed E-state index contributed by atoms with van der Waals surface area (Å²) in [7, 11) is 5.49. The van der Waals surface area contributed by atoms with Gasteiger partial charge in [0, 0.05) is 54.5 Å². The summed E-state index contributed by atoms with van der Waals surface area (Å²) in [5.41, 5.74) is 12.7. The van der Waals surface area contributed by atoms with Gasteiger partial charge in [0.15, 0.2) is 16.9 Å². The molecule has 0 N–H and O–H groups in total. The SMILES string of the molecule is Cc1ccc(-c2nnc3c(c(-c4ccccc4)nn3C)c2Cl)cc1.Cn1nc(-c2ccccc2)c2c(Cl)c(-c3cccc(F)c3)nnc21.Cn1nc(-c2ccccc2)c2c(Cl)c(-c3ccccc3)nnc21. The molecule has 12 nitrogen and oxygen atoms in total. The van der Waals surface area contributed by atoms with E-state index in [2.05, 4.69) is 52.8 Å². The van der Waals surface area contributed by atoms with Gasteiger partial charge in [-0.25, -0.2) is 18.4 Å². The lowest BCUT2D eigenvalue weighted by Crippen LogP contribution is -1.96. The Morgan fingerprint density at radius 2 is 0.634 bits per heavy atom. The number of hydrogen-bond acceptors (Lipinski definition) is 9. The number of fused-ring (bicyclic) bond motifs is 3. The average Bonchev–Trinajstić information content (AvgIpc) is 4.06. The standard InChI is InChI=1S/C19H15ClN4.C18H12ClFN4.C18H13ClN4/c1-12-8-10-14(11-9-12)18-16(20)15-17(13-6-4-3-5-7-13)23-24(2)19(15)22-21-18;1-24-18-14(16(23-24)11-6-3-2-4-7-11)15(19)17(21-22-18)12-8-5-9-13(20)10-12;1-23-18-14(16(22-23)12-8-4-2-5-9-12)15(19)17(20-21-18)13-10-6-3-7-11-13/h3-11H,1-2H3;2-10H,1H3;2-11H,1H3. The third-order valence-electron chi connectivity index (χ3n) is 11.7. The number of halogens is 4. The number of rotatable bonds is 6. The fourth-order valence-corrected chi connectivity index (χ4v) is 9.13. The highest BCUT2D eigenvalue weighted by atomic mass is 35.5. The average molecular weight is 994 g/mol. The third kappa shape index (κ3) is 9.21. The molecule has 6 heterocycles. The molecular weight excluding hydrogens is 954 g/mol. The molecule has 71 heavy (non-hydrogen) atoms. The van der Waals surface area contributed by atoms with Gasteiger partial charge in [-0.15, -0.1) is 30.6 Å². The molecule has 12 rings (SSSR count). The number of aromatic nitrogens is 12. The van der Waals surface area contributed by atoms with E-state index in [0.29, 0.717) is 60.0 Å². The first kappa shape index (κ1) is 46.5. The van der Waals surface area contributed by atoms with Crippen molar-refractivity contribution >= 4 is 67.9 Å². The van der Waals surface area contributed by atoms with Crippen molar-refractivity contribution in [1.82, 2.24) is 59.9 Å². The smallest absolute Gasteiger partial charge is 0.182 e. The first-order valence-corrected chi connectivity index (χ1v) is 23.4. The maximum Gasteiger partial charge on any atom is 0.182 e. The quantitative estimate of drug-likeness (QED) is 0.160. The summed E-state index contributed by atoms with van der Waals surface area (Å²) >= 11 is 20.0. The van der Waals surface area contributed by atoms with Crippen LogP contribution < -0.4 is 0 Å². The first-order chi connectivity index (χ1) is 34.5. The Hall–Kier alpha value is -8.23. The van der Waals surface area contributed by atoms with E-state index < -0.39 is 0 Å². The van der Waals surface area contributed by atoms with Gasteiger partial charge in [-0.1, -0.05) is 198 Å². The molecule has 348 valence electrons. The van der Waals surface area contributed by atoms with Crippen LogP contribution in [0.1, 0.15) is 5.56 Å². The maximum atomic E-state index is 13.5. The molecule has 0 fully saturated rings. The van der Waals surface area contributed by atoms with Gasteiger partial charge in [-0.3, -0.25) is 0 Å². The van der Waals surface area contributed by atoms with E-state index in [-0.39, 0.29) is 5.82 Å². The molecule has 16 heteroatoms. The lowest BCUT2D eigenvalue weighted by Gasteiger charge is -2.05. The van der Waals surface area contributed by atoms with Crippen LogP contribution in [0.15, 0.2) is 170 Å². The van der Waals surface area contributed by atoms with Gasteiger partial charge in [-0.2, -0.15) is 15.3 Å². The van der Waals surface area contributed by atoms with Crippen LogP contribution in [-0.4, -0.2) is 59.9 Å². The predicted octanol–water partition coefficient (Wildman–Crippen LogP) is 13.5. The van der Waals surface area contributed by atoms with E-state index in [1.807, 2.05) is 160 Å². The number of aryl methyl sites for hydroxylation is 4. The summed E-state index contributed by atoms with van der Waals surface area (Å²) < 4.78 is 18.6. The molecule has 0 atom stereocenters. The van der Waals surface area contributed by atoms with Crippen molar-refractivity contribution in [3.63, 3.8) is 0 Å². The zero-order valence-corrected chi connectivity index (χ0v) is 40.8. The maximum absolute atomic E-state index is 13.5. The Kier molecular flexibility index (Phi) is 13.1. The largest absolute Gasteiger partial charge is 0.248 e. The zero-order chi connectivity index (χ0) is 49.2. The monoisotopic (exact) mass is 992 g/mol. The topological polar surface area (TPSA) is 131 Å². The van der Waals surface area contributed by atoms with E-state index in [9.17, 15) is 4.39 Å². The van der Waals surface area contributed by atoms with Crippen molar-refractivity contribution in [3.05, 3.63) is 196 Å². The van der Waals surface area contributed by atoms with Crippen LogP contribution in [0.2, 0.25) is 15.1 Å². The molecule has 0 amide bonds. The number of nitrogens with zero attached hydrogens (tertiary/aromatic N) is 12. The highest BCUT2D eigenvalue weighted by Crippen LogP contribution is 2.40. The lowest BCUT2D eigenvalue weighted by atomic mass is 10.1. The van der Waals surface area contributed by atoms with Gasteiger partial charge < -0.3 is 0 Å². The van der Waals surface area contributed by atoms with Crippen molar-refractivity contribution in [2.24, 2.45) is 21.1 Å². The molecule has 0 saturated carbocycles. The van der Waals surface area contributed by atoms with Crippen LogP contribution in [0.25, 0.3) is 101 Å². The van der Waals surface area contributed by atoms with Crippen LogP contribution >= 0.6 is 34.8 Å². The Morgan fingerprint density at radius 1 is 0.338 bits per heavy atom. The van der Waals surface area contributed by atoms with Gasteiger partial charge in [-0.05, 0) is 19.1 Å². The number of benzene rings is 6. The second kappa shape index (κ2) is 20.0. The van der Waals surface area contributed by atoms with E-state index in [1.54, 1.807) is 33.2 Å². The molecule has 0 saturated heterocycles. The molecule has 0 bridgehead atoms. The van der Waals surface area contributed by atoms with Crippen molar-refractivity contribution < 1.29 is 4.39 Å². The fraction of sp³-hybridized carbons (Fsp3) is 0.0727. The summed E-state index contributed by atoms with van der Waals surface area (Å²) in [6.45, 7) is 2.05. The van der Waals surface area contributed by atoms with Gasteiger partial charge in [0.1, 0.15) is 40.0 Å². The summed E-state index contributed by atoms with van der Waals surface area (Å²) in [4.78, 5) is 0. The Balaban J connectivity index is 0.000000123. The molecule has 0 unspecified atom stereocenters. The van der Waals surface area contributed by atoms with E-state index in [1.165, 1.54) is 17.7 Å². The lowest BCUT2D eigenvalue weighted by molar-refractivity contribution is 0.628. The summed E-state index contributed by atoms with van der Waals surface area (Å²) in [5.74, 6) is -0.347. The van der Waals surface area contributed by atoms with Crippen molar-refractivity contribution in [2.75, 3.05) is 0 Å². The molecular formula is C55H40Cl3FN12. The van der Waals surface area contributed by atoms with E-state index in [0.717, 1.165) is 55.7 Å². The van der Waals surface area contributed by atoms with Gasteiger partial charge in [0.25, 0.3) is 0 Å². The van der Waals surface area contributed by atoms with Gasteiger partial charge in [0.2, 0.25) is 0 Å². The highest BCUT2D eigenvalue weighted by molar-refractivity contribution is 6.39. The molecule has 0 aliphatic rings. The van der Waals surface area contributed by atoms with Crippen LogP contribution in [0.4, 0.5) is 4.39 Å². The first-order valence-electron chi connectivity index (χ1n) is 22.3. The third-order valence-corrected chi connectivity index (χ3v) is 12.8. The number of hydrogen-bond donors (Lipinski definition) is 0. The predicted molar refractivity (Wildman–Crippen MR) is 281 cm³/mol. The zero-order valence-electron chi connectivity index (χ0n) is 38.5. The molecule has 0 radical (unpaired) electrons. The molecule has 0 aliphatic carbocycles. The van der Waals surface area contributed by atoms with Crippen molar-refractivity contribution in [2.45, 2.75) is 6.92 Å². The molecule has 12 aromatic rings. The Bertz CT molecular complexity index is 3850. The van der Waals surface area contributed by atoms with Crippen molar-refractivity contribution in [3.8, 4) is 67.5 Å². The summed E-state index contributed by atoms with van der Waals surface area (Å²) in [5, 5.41) is 43.4. The molecule has 6 aromatic carbocycles. The van der Waals surface area contributed by atoms with Crippen molar-refractivity contribution in [1.29, 1.82) is 0 Å². The Labute approximate surface area is 422 Å². The summed E-state index contributed by atoms with van der Waals surface area (Å²) in [6.07, 6.45) is 0. The highest BCUT2D eigenvalue weighted by Gasteiger charge is 2.23. The minimum Gasteiger partial charge on any atom is -0.248 e. The van der Waals surface area contributed by atoms with Crippen LogP contribution in [0.3, 0.4) is 0 Å².